The maximum absolute atomic E-state index is 11.7. The molecule has 0 saturated heterocycles. The summed E-state index contributed by atoms with van der Waals surface area (Å²) in [5.74, 6) is 3.86. The van der Waals surface area contributed by atoms with Gasteiger partial charge in [0, 0.05) is 22.8 Å². The number of rotatable bonds is 8. The van der Waals surface area contributed by atoms with Crippen LogP contribution in [-0.4, -0.2) is 27.7 Å². The van der Waals surface area contributed by atoms with Crippen molar-refractivity contribution in [1.82, 2.24) is 14.8 Å². The van der Waals surface area contributed by atoms with Gasteiger partial charge in [-0.25, -0.2) is 0 Å². The van der Waals surface area contributed by atoms with E-state index in [4.69, 9.17) is 9.15 Å². The Morgan fingerprint density at radius 2 is 2.19 bits per heavy atom. The van der Waals surface area contributed by atoms with Gasteiger partial charge in [0.1, 0.15) is 17.3 Å². The normalized spacial score (nSPS) is 13.7. The fraction of sp³-hybridized carbons (Fsp3) is 0.350. The van der Waals surface area contributed by atoms with Crippen molar-refractivity contribution in [2.45, 2.75) is 43.1 Å². The molecule has 1 saturated carbocycles. The van der Waals surface area contributed by atoms with Gasteiger partial charge in [-0.15, -0.1) is 10.2 Å². The van der Waals surface area contributed by atoms with Crippen LogP contribution in [0.1, 0.15) is 53.2 Å². The average molecular weight is 383 g/mol. The Labute approximate surface area is 161 Å². The van der Waals surface area contributed by atoms with Gasteiger partial charge in [-0.05, 0) is 50.1 Å². The van der Waals surface area contributed by atoms with Gasteiger partial charge in [0.25, 0.3) is 0 Å². The molecule has 7 heteroatoms. The van der Waals surface area contributed by atoms with Gasteiger partial charge in [-0.3, -0.25) is 9.36 Å². The predicted octanol–water partition coefficient (Wildman–Crippen LogP) is 4.30. The third kappa shape index (κ3) is 3.93. The highest BCUT2D eigenvalue weighted by molar-refractivity contribution is 7.98. The van der Waals surface area contributed by atoms with E-state index in [2.05, 4.69) is 14.8 Å². The van der Waals surface area contributed by atoms with E-state index in [9.17, 15) is 4.79 Å². The summed E-state index contributed by atoms with van der Waals surface area (Å²) in [5.41, 5.74) is 1.65. The molecule has 2 heterocycles. The summed E-state index contributed by atoms with van der Waals surface area (Å²) in [5, 5.41) is 9.69. The zero-order valence-electron chi connectivity index (χ0n) is 15.3. The Kier molecular flexibility index (Phi) is 5.03. The summed E-state index contributed by atoms with van der Waals surface area (Å²) in [4.78, 5) is 11.7. The largest absolute Gasteiger partial charge is 0.496 e. The van der Waals surface area contributed by atoms with Crippen molar-refractivity contribution < 1.29 is 13.9 Å². The monoisotopic (exact) mass is 383 g/mol. The van der Waals surface area contributed by atoms with Crippen LogP contribution in [0.15, 0.2) is 46.2 Å². The van der Waals surface area contributed by atoms with Gasteiger partial charge < -0.3 is 9.15 Å². The number of hydrogen-bond acceptors (Lipinski definition) is 6. The van der Waals surface area contributed by atoms with E-state index in [0.717, 1.165) is 40.9 Å². The van der Waals surface area contributed by atoms with Gasteiger partial charge in [0.2, 0.25) is 0 Å². The second-order valence-corrected chi connectivity index (χ2v) is 7.59. The van der Waals surface area contributed by atoms with Crippen molar-refractivity contribution in [3.05, 3.63) is 59.3 Å². The van der Waals surface area contributed by atoms with Crippen molar-refractivity contribution in [2.75, 3.05) is 7.11 Å². The minimum absolute atomic E-state index is 0.0425. The number of aromatic nitrogens is 3. The Hall–Kier alpha value is -2.54. The van der Waals surface area contributed by atoms with Gasteiger partial charge >= 0.3 is 0 Å². The van der Waals surface area contributed by atoms with Gasteiger partial charge in [0.15, 0.2) is 10.9 Å². The van der Waals surface area contributed by atoms with E-state index in [-0.39, 0.29) is 5.78 Å². The molecule has 0 amide bonds. The molecule has 1 fully saturated rings. The zero-order valence-corrected chi connectivity index (χ0v) is 16.2. The molecule has 1 aliphatic rings. The molecule has 0 aliphatic heterocycles. The summed E-state index contributed by atoms with van der Waals surface area (Å²) in [6.45, 7) is 2.19. The van der Waals surface area contributed by atoms with Crippen molar-refractivity contribution in [1.29, 1.82) is 0 Å². The fourth-order valence-corrected chi connectivity index (χ4v) is 3.93. The molecule has 0 radical (unpaired) electrons. The molecule has 140 valence electrons. The standard InChI is InChI=1S/C20H21N3O3S/c1-13(24)15-7-8-18(25-2)16(10-15)12-27-20-22-21-19(14-5-6-14)23(20)11-17-4-3-9-26-17/h3-4,7-10,14H,5-6,11-12H2,1-2H3. The van der Waals surface area contributed by atoms with Crippen LogP contribution in [0, 0.1) is 0 Å². The molecular weight excluding hydrogens is 362 g/mol. The van der Waals surface area contributed by atoms with Crippen LogP contribution in [0.3, 0.4) is 0 Å². The van der Waals surface area contributed by atoms with Crippen LogP contribution in [-0.2, 0) is 12.3 Å². The van der Waals surface area contributed by atoms with Crippen LogP contribution in [0.4, 0.5) is 0 Å². The first-order valence-corrected chi connectivity index (χ1v) is 9.90. The first-order valence-electron chi connectivity index (χ1n) is 8.92. The number of ether oxygens (including phenoxy) is 1. The summed E-state index contributed by atoms with van der Waals surface area (Å²) in [6, 6.07) is 9.38. The van der Waals surface area contributed by atoms with Gasteiger partial charge in [-0.1, -0.05) is 11.8 Å². The molecule has 0 bridgehead atoms. The third-order valence-corrected chi connectivity index (χ3v) is 5.64. The van der Waals surface area contributed by atoms with E-state index in [1.807, 2.05) is 24.3 Å². The lowest BCUT2D eigenvalue weighted by Gasteiger charge is -2.11. The number of thioether (sulfide) groups is 1. The summed E-state index contributed by atoms with van der Waals surface area (Å²) >= 11 is 1.59. The maximum atomic E-state index is 11.7. The third-order valence-electron chi connectivity index (χ3n) is 4.63. The molecule has 0 unspecified atom stereocenters. The zero-order chi connectivity index (χ0) is 18.8. The molecule has 0 atom stereocenters. The Bertz CT molecular complexity index is 946. The molecule has 4 rings (SSSR count). The molecular formula is C20H21N3O3S. The fourth-order valence-electron chi connectivity index (χ4n) is 3.01. The number of carbonyl (C=O) groups excluding carboxylic acids is 1. The molecule has 6 nitrogen and oxygen atoms in total. The number of nitrogens with zero attached hydrogens (tertiary/aromatic N) is 3. The highest BCUT2D eigenvalue weighted by Gasteiger charge is 2.30. The Balaban J connectivity index is 1.58. The average Bonchev–Trinajstić information content (AvgIpc) is 3.24. The Morgan fingerprint density at radius 3 is 2.85 bits per heavy atom. The number of methoxy groups -OCH3 is 1. The van der Waals surface area contributed by atoms with Crippen LogP contribution < -0.4 is 4.74 Å². The van der Waals surface area contributed by atoms with Crippen molar-refractivity contribution in [3.8, 4) is 5.75 Å². The van der Waals surface area contributed by atoms with E-state index in [0.29, 0.717) is 23.8 Å². The predicted molar refractivity (Wildman–Crippen MR) is 102 cm³/mol. The smallest absolute Gasteiger partial charge is 0.191 e. The second-order valence-electron chi connectivity index (χ2n) is 6.65. The van der Waals surface area contributed by atoms with Crippen molar-refractivity contribution >= 4 is 17.5 Å². The van der Waals surface area contributed by atoms with Gasteiger partial charge in [-0.2, -0.15) is 0 Å². The van der Waals surface area contributed by atoms with Gasteiger partial charge in [0.05, 0.1) is 19.9 Å². The molecule has 2 aromatic heterocycles. The number of benzene rings is 1. The van der Waals surface area contributed by atoms with Crippen LogP contribution in [0.25, 0.3) is 0 Å². The SMILES string of the molecule is COc1ccc(C(C)=O)cc1CSc1nnc(C2CC2)n1Cc1ccco1. The molecule has 0 spiro atoms. The minimum Gasteiger partial charge on any atom is -0.496 e. The molecule has 27 heavy (non-hydrogen) atoms. The lowest BCUT2D eigenvalue weighted by Crippen LogP contribution is -2.05. The van der Waals surface area contributed by atoms with Crippen molar-refractivity contribution in [3.63, 3.8) is 0 Å². The first kappa shape index (κ1) is 17.9. The highest BCUT2D eigenvalue weighted by Crippen LogP contribution is 2.40. The van der Waals surface area contributed by atoms with E-state index in [1.165, 1.54) is 0 Å². The number of ketones is 1. The summed E-state index contributed by atoms with van der Waals surface area (Å²) in [7, 11) is 1.64. The number of furan rings is 1. The van der Waals surface area contributed by atoms with Crippen molar-refractivity contribution in [2.24, 2.45) is 0 Å². The molecule has 0 N–H and O–H groups in total. The molecule has 1 aliphatic carbocycles. The first-order chi connectivity index (χ1) is 13.2. The lowest BCUT2D eigenvalue weighted by molar-refractivity contribution is 0.101. The Morgan fingerprint density at radius 1 is 1.33 bits per heavy atom. The number of carbonyl (C=O) groups is 1. The maximum Gasteiger partial charge on any atom is 0.191 e. The molecule has 3 aromatic rings. The minimum atomic E-state index is 0.0425. The van der Waals surface area contributed by atoms with E-state index >= 15 is 0 Å². The number of Topliss-reactive ketones (excluding diaryl/α,β-unsaturated/α-hetero) is 1. The highest BCUT2D eigenvalue weighted by atomic mass is 32.2. The number of hydrogen-bond donors (Lipinski definition) is 0. The van der Waals surface area contributed by atoms with Crippen LogP contribution in [0.2, 0.25) is 0 Å². The van der Waals surface area contributed by atoms with E-state index in [1.54, 1.807) is 38.1 Å². The summed E-state index contributed by atoms with van der Waals surface area (Å²) in [6.07, 6.45) is 4.01. The lowest BCUT2D eigenvalue weighted by atomic mass is 10.1. The van der Waals surface area contributed by atoms with E-state index < -0.39 is 0 Å². The quantitative estimate of drug-likeness (QED) is 0.427. The molecule has 1 aromatic carbocycles. The topological polar surface area (TPSA) is 70.2 Å². The van der Waals surface area contributed by atoms with Crippen LogP contribution >= 0.6 is 11.8 Å². The van der Waals surface area contributed by atoms with Crippen LogP contribution in [0.5, 0.6) is 5.75 Å². The summed E-state index contributed by atoms with van der Waals surface area (Å²) < 4.78 is 13.1. The second kappa shape index (κ2) is 7.60.